The van der Waals surface area contributed by atoms with Crippen LogP contribution in [0.25, 0.3) is 11.1 Å². The Bertz CT molecular complexity index is 570. The molecule has 2 rings (SSSR count). The standard InChI is InChI=1S/C15H16F3NS/c1-10-3-5-12(6-4-10)14-11(2)20-8-13(14)7-19-9-15(16,17)18/h3-6,8,19H,7,9H2,1-2H3. The van der Waals surface area contributed by atoms with Crippen molar-refractivity contribution in [1.29, 1.82) is 0 Å². The molecule has 1 aromatic heterocycles. The number of hydrogen-bond donors (Lipinski definition) is 1. The Morgan fingerprint density at radius 1 is 1.10 bits per heavy atom. The molecule has 0 amide bonds. The predicted molar refractivity (Wildman–Crippen MR) is 77.0 cm³/mol. The lowest BCUT2D eigenvalue weighted by Crippen LogP contribution is -2.28. The van der Waals surface area contributed by atoms with Gasteiger partial charge in [-0.25, -0.2) is 0 Å². The van der Waals surface area contributed by atoms with Gasteiger partial charge in [0.15, 0.2) is 0 Å². The molecule has 0 fully saturated rings. The van der Waals surface area contributed by atoms with E-state index in [1.54, 1.807) is 11.3 Å². The highest BCUT2D eigenvalue weighted by Crippen LogP contribution is 2.32. The number of alkyl halides is 3. The molecule has 0 aliphatic rings. The maximum absolute atomic E-state index is 12.2. The summed E-state index contributed by atoms with van der Waals surface area (Å²) in [6, 6.07) is 8.05. The monoisotopic (exact) mass is 299 g/mol. The third-order valence-corrected chi connectivity index (χ3v) is 3.99. The summed E-state index contributed by atoms with van der Waals surface area (Å²) in [5.74, 6) is 0. The maximum Gasteiger partial charge on any atom is 0.401 e. The Morgan fingerprint density at radius 3 is 2.35 bits per heavy atom. The van der Waals surface area contributed by atoms with Crippen LogP contribution in [0.2, 0.25) is 0 Å². The highest BCUT2D eigenvalue weighted by molar-refractivity contribution is 7.10. The lowest BCUT2D eigenvalue weighted by Gasteiger charge is -2.10. The zero-order chi connectivity index (χ0) is 14.8. The van der Waals surface area contributed by atoms with Gasteiger partial charge in [0.2, 0.25) is 0 Å². The van der Waals surface area contributed by atoms with E-state index in [-0.39, 0.29) is 6.54 Å². The molecule has 1 N–H and O–H groups in total. The fourth-order valence-electron chi connectivity index (χ4n) is 2.08. The van der Waals surface area contributed by atoms with Crippen LogP contribution in [0.4, 0.5) is 13.2 Å². The Kier molecular flexibility index (Phi) is 4.50. The topological polar surface area (TPSA) is 12.0 Å². The highest BCUT2D eigenvalue weighted by atomic mass is 32.1. The first kappa shape index (κ1) is 15.1. The predicted octanol–water partition coefficient (Wildman–Crippen LogP) is 4.68. The Morgan fingerprint density at radius 2 is 1.75 bits per heavy atom. The summed E-state index contributed by atoms with van der Waals surface area (Å²) in [6.45, 7) is 3.27. The van der Waals surface area contributed by atoms with Crippen molar-refractivity contribution >= 4 is 11.3 Å². The number of rotatable bonds is 4. The second kappa shape index (κ2) is 5.97. The molecule has 0 aliphatic heterocycles. The van der Waals surface area contributed by atoms with E-state index in [9.17, 15) is 13.2 Å². The van der Waals surface area contributed by atoms with Crippen molar-refractivity contribution in [3.05, 3.63) is 45.6 Å². The Labute approximate surface area is 120 Å². The van der Waals surface area contributed by atoms with Crippen LogP contribution in [0.15, 0.2) is 29.6 Å². The first-order valence-electron chi connectivity index (χ1n) is 6.28. The molecule has 0 radical (unpaired) electrons. The first-order valence-corrected chi connectivity index (χ1v) is 7.16. The van der Waals surface area contributed by atoms with Gasteiger partial charge in [0.25, 0.3) is 0 Å². The minimum Gasteiger partial charge on any atom is -0.305 e. The van der Waals surface area contributed by atoms with E-state index in [0.717, 1.165) is 21.6 Å². The summed E-state index contributed by atoms with van der Waals surface area (Å²) >= 11 is 1.57. The first-order chi connectivity index (χ1) is 9.37. The third-order valence-electron chi connectivity index (χ3n) is 3.03. The van der Waals surface area contributed by atoms with Gasteiger partial charge in [-0.3, -0.25) is 0 Å². The molecule has 0 saturated carbocycles. The minimum atomic E-state index is -4.17. The third kappa shape index (κ3) is 3.84. The van der Waals surface area contributed by atoms with E-state index >= 15 is 0 Å². The van der Waals surface area contributed by atoms with Gasteiger partial charge in [-0.2, -0.15) is 13.2 Å². The molecule has 0 aliphatic carbocycles. The van der Waals surface area contributed by atoms with E-state index in [2.05, 4.69) is 5.32 Å². The molecule has 0 spiro atoms. The molecule has 0 bridgehead atoms. The van der Waals surface area contributed by atoms with Crippen molar-refractivity contribution in [2.24, 2.45) is 0 Å². The second-order valence-electron chi connectivity index (χ2n) is 4.78. The number of nitrogens with one attached hydrogen (secondary N) is 1. The van der Waals surface area contributed by atoms with E-state index < -0.39 is 12.7 Å². The minimum absolute atomic E-state index is 0.229. The molecule has 1 aromatic carbocycles. The molecule has 1 heterocycles. The zero-order valence-corrected chi connectivity index (χ0v) is 12.2. The molecule has 0 saturated heterocycles. The van der Waals surface area contributed by atoms with Gasteiger partial charge in [0.1, 0.15) is 0 Å². The average Bonchev–Trinajstić information content (AvgIpc) is 2.70. The van der Waals surface area contributed by atoms with Crippen LogP contribution in [0.5, 0.6) is 0 Å². The van der Waals surface area contributed by atoms with Crippen molar-refractivity contribution in [2.75, 3.05) is 6.54 Å². The summed E-state index contributed by atoms with van der Waals surface area (Å²) in [5, 5.41) is 4.38. The number of hydrogen-bond acceptors (Lipinski definition) is 2. The van der Waals surface area contributed by atoms with Crippen molar-refractivity contribution in [1.82, 2.24) is 5.32 Å². The van der Waals surface area contributed by atoms with Gasteiger partial charge in [0.05, 0.1) is 6.54 Å². The van der Waals surface area contributed by atoms with Crippen molar-refractivity contribution in [2.45, 2.75) is 26.6 Å². The molecule has 1 nitrogen and oxygen atoms in total. The van der Waals surface area contributed by atoms with Crippen LogP contribution in [0, 0.1) is 13.8 Å². The van der Waals surface area contributed by atoms with Gasteiger partial charge in [-0.1, -0.05) is 29.8 Å². The second-order valence-corrected chi connectivity index (χ2v) is 5.86. The zero-order valence-electron chi connectivity index (χ0n) is 11.3. The van der Waals surface area contributed by atoms with Crippen LogP contribution < -0.4 is 5.32 Å². The molecule has 0 unspecified atom stereocenters. The highest BCUT2D eigenvalue weighted by Gasteiger charge is 2.26. The molecular formula is C15H16F3NS. The lowest BCUT2D eigenvalue weighted by molar-refractivity contribution is -0.125. The van der Waals surface area contributed by atoms with Crippen LogP contribution in [0.3, 0.4) is 0 Å². The number of aryl methyl sites for hydroxylation is 2. The Balaban J connectivity index is 2.17. The fraction of sp³-hybridized carbons (Fsp3) is 0.333. The molecular weight excluding hydrogens is 283 g/mol. The molecule has 0 atom stereocenters. The van der Waals surface area contributed by atoms with Crippen molar-refractivity contribution < 1.29 is 13.2 Å². The number of halogens is 3. The smallest absolute Gasteiger partial charge is 0.305 e. The van der Waals surface area contributed by atoms with E-state index in [1.165, 1.54) is 5.56 Å². The summed E-state index contributed by atoms with van der Waals surface area (Å²) < 4.78 is 36.5. The van der Waals surface area contributed by atoms with E-state index in [4.69, 9.17) is 0 Å². The average molecular weight is 299 g/mol. The number of benzene rings is 1. The van der Waals surface area contributed by atoms with Gasteiger partial charge in [0, 0.05) is 11.4 Å². The molecule has 108 valence electrons. The quantitative estimate of drug-likeness (QED) is 0.864. The summed E-state index contributed by atoms with van der Waals surface area (Å²) in [5.41, 5.74) is 4.18. The van der Waals surface area contributed by atoms with E-state index in [1.807, 2.05) is 43.5 Å². The van der Waals surface area contributed by atoms with Crippen LogP contribution in [-0.4, -0.2) is 12.7 Å². The van der Waals surface area contributed by atoms with Gasteiger partial charge in [-0.15, -0.1) is 11.3 Å². The van der Waals surface area contributed by atoms with Crippen LogP contribution in [-0.2, 0) is 6.54 Å². The van der Waals surface area contributed by atoms with Crippen LogP contribution in [0.1, 0.15) is 16.0 Å². The normalized spacial score (nSPS) is 11.8. The summed E-state index contributed by atoms with van der Waals surface area (Å²) in [7, 11) is 0. The van der Waals surface area contributed by atoms with Gasteiger partial charge < -0.3 is 5.32 Å². The summed E-state index contributed by atoms with van der Waals surface area (Å²) in [6.07, 6.45) is -4.17. The SMILES string of the molecule is Cc1ccc(-c2c(CNCC(F)(F)F)csc2C)cc1. The van der Waals surface area contributed by atoms with Gasteiger partial charge >= 0.3 is 6.18 Å². The van der Waals surface area contributed by atoms with Crippen molar-refractivity contribution in [3.8, 4) is 11.1 Å². The Hall–Kier alpha value is -1.33. The lowest BCUT2D eigenvalue weighted by atomic mass is 10.0. The number of thiophene rings is 1. The fourth-order valence-corrected chi connectivity index (χ4v) is 2.97. The van der Waals surface area contributed by atoms with E-state index in [0.29, 0.717) is 0 Å². The molecule has 5 heteroatoms. The largest absolute Gasteiger partial charge is 0.401 e. The van der Waals surface area contributed by atoms with Crippen molar-refractivity contribution in [3.63, 3.8) is 0 Å². The van der Waals surface area contributed by atoms with Gasteiger partial charge in [-0.05, 0) is 35.9 Å². The van der Waals surface area contributed by atoms with Crippen LogP contribution >= 0.6 is 11.3 Å². The molecule has 20 heavy (non-hydrogen) atoms. The maximum atomic E-state index is 12.2. The molecule has 2 aromatic rings. The summed E-state index contributed by atoms with van der Waals surface area (Å²) in [4.78, 5) is 1.12.